The molecule has 1 saturated heterocycles. The van der Waals surface area contributed by atoms with E-state index in [1.54, 1.807) is 4.57 Å². The van der Waals surface area contributed by atoms with Gasteiger partial charge in [0.2, 0.25) is 0 Å². The van der Waals surface area contributed by atoms with E-state index in [9.17, 15) is 9.59 Å². The first-order valence-electron chi connectivity index (χ1n) is 13.0. The lowest BCUT2D eigenvalue weighted by Crippen LogP contribution is -2.48. The van der Waals surface area contributed by atoms with Crippen molar-refractivity contribution in [3.8, 4) is 0 Å². The summed E-state index contributed by atoms with van der Waals surface area (Å²) < 4.78 is 7.14. The average Bonchev–Trinajstić information content (AvgIpc) is 3.70. The van der Waals surface area contributed by atoms with Crippen LogP contribution in [0.3, 0.4) is 0 Å². The van der Waals surface area contributed by atoms with Crippen molar-refractivity contribution in [3.05, 3.63) is 58.0 Å². The van der Waals surface area contributed by atoms with Gasteiger partial charge in [0.25, 0.3) is 0 Å². The van der Waals surface area contributed by atoms with Crippen molar-refractivity contribution in [3.63, 3.8) is 0 Å². The Kier molecular flexibility index (Phi) is 7.05. The molecule has 0 amide bonds. The summed E-state index contributed by atoms with van der Waals surface area (Å²) in [6, 6.07) is 10.5. The van der Waals surface area contributed by atoms with Crippen molar-refractivity contribution in [1.29, 1.82) is 0 Å². The predicted octanol–water partition coefficient (Wildman–Crippen LogP) is 3.80. The van der Waals surface area contributed by atoms with Gasteiger partial charge in [-0.25, -0.2) is 9.79 Å². The monoisotopic (exact) mass is 489 g/mol. The Labute approximate surface area is 212 Å². The number of hydrogen-bond acceptors (Lipinski definition) is 7. The molecule has 1 aromatic carbocycles. The number of aromatic nitrogens is 2. The van der Waals surface area contributed by atoms with Crippen LogP contribution in [0, 0.1) is 5.92 Å². The van der Waals surface area contributed by atoms with Crippen molar-refractivity contribution >= 4 is 29.4 Å². The van der Waals surface area contributed by atoms with Crippen molar-refractivity contribution < 1.29 is 9.53 Å². The highest BCUT2D eigenvalue weighted by molar-refractivity contribution is 6.04. The molecule has 1 aromatic heterocycles. The van der Waals surface area contributed by atoms with E-state index >= 15 is 0 Å². The molecule has 8 nitrogen and oxygen atoms in total. The van der Waals surface area contributed by atoms with Gasteiger partial charge in [-0.05, 0) is 32.3 Å². The van der Waals surface area contributed by atoms with E-state index in [4.69, 9.17) is 9.73 Å². The van der Waals surface area contributed by atoms with E-state index in [0.29, 0.717) is 24.0 Å². The quantitative estimate of drug-likeness (QED) is 0.551. The highest BCUT2D eigenvalue weighted by atomic mass is 16.5. The van der Waals surface area contributed by atoms with Crippen LogP contribution in [0.1, 0.15) is 56.7 Å². The van der Waals surface area contributed by atoms with Gasteiger partial charge in [-0.3, -0.25) is 14.3 Å². The lowest BCUT2D eigenvalue weighted by molar-refractivity contribution is -0.146. The number of carbonyl (C=O) groups is 1. The number of aliphatic imine (C=N–C) groups is 1. The van der Waals surface area contributed by atoms with Crippen LogP contribution in [-0.4, -0.2) is 65.5 Å². The summed E-state index contributed by atoms with van der Waals surface area (Å²) in [5, 5.41) is 0. The van der Waals surface area contributed by atoms with Crippen LogP contribution in [0.25, 0.3) is 6.08 Å². The van der Waals surface area contributed by atoms with Gasteiger partial charge >= 0.3 is 11.7 Å². The summed E-state index contributed by atoms with van der Waals surface area (Å²) in [6.45, 7) is 10.2. The first-order chi connectivity index (χ1) is 17.5. The zero-order chi connectivity index (χ0) is 25.2. The number of piperazine rings is 1. The van der Waals surface area contributed by atoms with Gasteiger partial charge < -0.3 is 9.64 Å². The van der Waals surface area contributed by atoms with Crippen LogP contribution in [-0.2, 0) is 9.53 Å². The van der Waals surface area contributed by atoms with Crippen LogP contribution in [0.4, 0.5) is 11.6 Å². The summed E-state index contributed by atoms with van der Waals surface area (Å²) in [4.78, 5) is 40.0. The third kappa shape index (κ3) is 4.87. The maximum atomic E-state index is 13.2. The molecule has 0 radical (unpaired) electrons. The Bertz CT molecular complexity index is 1220. The van der Waals surface area contributed by atoms with Gasteiger partial charge in [-0.15, -0.1) is 0 Å². The maximum absolute atomic E-state index is 13.2. The maximum Gasteiger partial charge on any atom is 0.351 e. The van der Waals surface area contributed by atoms with E-state index in [1.807, 2.05) is 39.0 Å². The molecule has 2 aromatic rings. The van der Waals surface area contributed by atoms with Crippen molar-refractivity contribution in [2.75, 3.05) is 44.2 Å². The van der Waals surface area contributed by atoms with Gasteiger partial charge in [0.1, 0.15) is 17.6 Å². The third-order valence-corrected chi connectivity index (χ3v) is 7.40. The molecule has 3 heterocycles. The fourth-order valence-electron chi connectivity index (χ4n) is 5.37. The number of carbonyl (C=O) groups excluding carboxylic acids is 1. The molecule has 0 spiro atoms. The number of ether oxygens (including phenoxy) is 1. The average molecular weight is 490 g/mol. The first-order valence-corrected chi connectivity index (χ1v) is 13.0. The smallest absolute Gasteiger partial charge is 0.351 e. The molecule has 2 unspecified atom stereocenters. The van der Waals surface area contributed by atoms with Crippen molar-refractivity contribution in [2.24, 2.45) is 10.9 Å². The normalized spacial score (nSPS) is 22.4. The number of anilines is 1. The molecule has 1 saturated carbocycles. The summed E-state index contributed by atoms with van der Waals surface area (Å²) >= 11 is 0. The van der Waals surface area contributed by atoms with Gasteiger partial charge in [-0.2, -0.15) is 4.98 Å². The van der Waals surface area contributed by atoms with E-state index in [1.165, 1.54) is 5.56 Å². The minimum absolute atomic E-state index is 0.156. The Morgan fingerprint density at radius 3 is 2.53 bits per heavy atom. The molecule has 8 heteroatoms. The second-order valence-electron chi connectivity index (χ2n) is 9.93. The number of hydrogen-bond donors (Lipinski definition) is 0. The van der Waals surface area contributed by atoms with Crippen molar-refractivity contribution in [1.82, 2.24) is 14.5 Å². The van der Waals surface area contributed by atoms with Crippen LogP contribution in [0.5, 0.6) is 0 Å². The molecule has 2 fully saturated rings. The third-order valence-electron chi connectivity index (χ3n) is 7.40. The van der Waals surface area contributed by atoms with E-state index in [2.05, 4.69) is 39.1 Å². The second-order valence-corrected chi connectivity index (χ2v) is 9.93. The van der Waals surface area contributed by atoms with E-state index < -0.39 is 5.92 Å². The first kappa shape index (κ1) is 24.4. The molecule has 2 atom stereocenters. The summed E-state index contributed by atoms with van der Waals surface area (Å²) in [6.07, 6.45) is 6.28. The van der Waals surface area contributed by atoms with Crippen molar-refractivity contribution in [2.45, 2.75) is 45.6 Å². The molecule has 190 valence electrons. The Morgan fingerprint density at radius 1 is 1.14 bits per heavy atom. The highest BCUT2D eigenvalue weighted by Gasteiger charge is 2.41. The number of fused-ring (bicyclic) bond motifs is 1. The van der Waals surface area contributed by atoms with Gasteiger partial charge in [-0.1, -0.05) is 49.4 Å². The summed E-state index contributed by atoms with van der Waals surface area (Å²) in [5.74, 6) is 0.474. The molecule has 1 aliphatic carbocycles. The van der Waals surface area contributed by atoms with Crippen LogP contribution in [0.2, 0.25) is 0 Å². The van der Waals surface area contributed by atoms with Crippen LogP contribution >= 0.6 is 0 Å². The molecule has 0 bridgehead atoms. The highest BCUT2D eigenvalue weighted by Crippen LogP contribution is 2.46. The standard InChI is InChI=1S/C28H35N5O3/c1-4-36-27(34)23-19(2)24-25(30-28(35)33(22-12-13-22)26(24)29-20(23)3)32-17-15-31(16-18-32)14-8-11-21-9-6-5-7-10-21/h5-11,19,22-23H,4,12-18H2,1-3H3. The topological polar surface area (TPSA) is 80.0 Å². The second kappa shape index (κ2) is 10.4. The molecule has 0 N–H and O–H groups in total. The number of nitrogens with zero attached hydrogens (tertiary/aromatic N) is 5. The summed E-state index contributed by atoms with van der Waals surface area (Å²) in [7, 11) is 0. The van der Waals surface area contributed by atoms with E-state index in [-0.39, 0.29) is 23.6 Å². The Hall–Kier alpha value is -3.26. The zero-order valence-electron chi connectivity index (χ0n) is 21.4. The fraction of sp³-hybridized carbons (Fsp3) is 0.500. The van der Waals surface area contributed by atoms with Crippen LogP contribution in [0.15, 0.2) is 46.2 Å². The molecule has 5 rings (SSSR count). The fourth-order valence-corrected chi connectivity index (χ4v) is 5.37. The lowest BCUT2D eigenvalue weighted by Gasteiger charge is -2.38. The molecule has 3 aliphatic rings. The number of rotatable bonds is 7. The minimum Gasteiger partial charge on any atom is -0.465 e. The molecule has 36 heavy (non-hydrogen) atoms. The summed E-state index contributed by atoms with van der Waals surface area (Å²) in [5.41, 5.74) is 2.57. The largest absolute Gasteiger partial charge is 0.465 e. The van der Waals surface area contributed by atoms with Gasteiger partial charge in [0, 0.05) is 56.0 Å². The number of benzene rings is 1. The lowest BCUT2D eigenvalue weighted by atomic mass is 9.82. The molecular formula is C28H35N5O3. The SMILES string of the molecule is CCOC(=O)C1C(C)=Nc2c(c(N3CCN(CC=Cc4ccccc4)CC3)nc(=O)n2C2CC2)C1C. The Morgan fingerprint density at radius 2 is 1.86 bits per heavy atom. The zero-order valence-corrected chi connectivity index (χ0v) is 21.4. The molecular weight excluding hydrogens is 454 g/mol. The predicted molar refractivity (Wildman–Crippen MR) is 142 cm³/mol. The molecule has 2 aliphatic heterocycles. The van der Waals surface area contributed by atoms with E-state index in [0.717, 1.165) is 51.1 Å². The minimum atomic E-state index is -0.465. The van der Waals surface area contributed by atoms with Gasteiger partial charge in [0.15, 0.2) is 0 Å². The van der Waals surface area contributed by atoms with Gasteiger partial charge in [0.05, 0.1) is 6.61 Å². The number of esters is 1. The van der Waals surface area contributed by atoms with Crippen LogP contribution < -0.4 is 10.6 Å². The Balaban J connectivity index is 1.39.